The SMILES string of the molecule is N#CC(NCc1ccc(F)cc1)c1c[nH]c2ccccc12. The van der Waals surface area contributed by atoms with Crippen LogP contribution in [-0.4, -0.2) is 4.98 Å². The Balaban J connectivity index is 1.79. The van der Waals surface area contributed by atoms with Gasteiger partial charge in [-0.3, -0.25) is 5.32 Å². The third kappa shape index (κ3) is 2.78. The number of H-pyrrole nitrogens is 1. The quantitative estimate of drug-likeness (QED) is 0.765. The second-order valence-corrected chi connectivity index (χ2v) is 4.86. The van der Waals surface area contributed by atoms with E-state index in [2.05, 4.69) is 16.4 Å². The van der Waals surface area contributed by atoms with Crippen LogP contribution >= 0.6 is 0 Å². The number of nitrogens with one attached hydrogen (secondary N) is 2. The standard InChI is InChI=1S/C17H14FN3/c18-13-7-5-12(6-8-13)10-20-17(9-19)15-11-21-16-4-2-1-3-14(15)16/h1-8,11,17,20-21H,10H2. The summed E-state index contributed by atoms with van der Waals surface area (Å²) >= 11 is 0. The maximum atomic E-state index is 12.9. The minimum absolute atomic E-state index is 0.257. The van der Waals surface area contributed by atoms with Crippen molar-refractivity contribution in [3.63, 3.8) is 0 Å². The van der Waals surface area contributed by atoms with Gasteiger partial charge in [-0.25, -0.2) is 4.39 Å². The maximum Gasteiger partial charge on any atom is 0.123 e. The Morgan fingerprint density at radius 2 is 1.90 bits per heavy atom. The lowest BCUT2D eigenvalue weighted by Crippen LogP contribution is -2.19. The fraction of sp³-hybridized carbons (Fsp3) is 0.118. The number of nitriles is 1. The second kappa shape index (κ2) is 5.78. The van der Waals surface area contributed by atoms with Crippen LogP contribution in [0.2, 0.25) is 0 Å². The van der Waals surface area contributed by atoms with Crippen LogP contribution in [0.15, 0.2) is 54.7 Å². The van der Waals surface area contributed by atoms with E-state index in [-0.39, 0.29) is 5.82 Å². The Morgan fingerprint density at radius 3 is 2.67 bits per heavy atom. The summed E-state index contributed by atoms with van der Waals surface area (Å²) < 4.78 is 12.9. The fourth-order valence-corrected chi connectivity index (χ4v) is 2.38. The average molecular weight is 279 g/mol. The summed E-state index contributed by atoms with van der Waals surface area (Å²) in [4.78, 5) is 3.17. The summed E-state index contributed by atoms with van der Waals surface area (Å²) in [5.74, 6) is -0.257. The van der Waals surface area contributed by atoms with Gasteiger partial charge in [-0.05, 0) is 23.8 Å². The van der Waals surface area contributed by atoms with Crippen LogP contribution in [0.25, 0.3) is 10.9 Å². The summed E-state index contributed by atoms with van der Waals surface area (Å²) in [7, 11) is 0. The number of halogens is 1. The predicted octanol–water partition coefficient (Wildman–Crippen LogP) is 3.66. The van der Waals surface area contributed by atoms with Crippen LogP contribution in [-0.2, 0) is 6.54 Å². The molecule has 0 spiro atoms. The first-order valence-electron chi connectivity index (χ1n) is 6.71. The number of aromatic amines is 1. The minimum Gasteiger partial charge on any atom is -0.361 e. The van der Waals surface area contributed by atoms with Gasteiger partial charge in [0.25, 0.3) is 0 Å². The van der Waals surface area contributed by atoms with E-state index in [4.69, 9.17) is 0 Å². The molecule has 4 heteroatoms. The van der Waals surface area contributed by atoms with Crippen molar-refractivity contribution in [3.8, 4) is 6.07 Å². The lowest BCUT2D eigenvalue weighted by molar-refractivity contribution is 0.618. The van der Waals surface area contributed by atoms with E-state index in [0.717, 1.165) is 22.0 Å². The zero-order valence-corrected chi connectivity index (χ0v) is 11.3. The van der Waals surface area contributed by atoms with Crippen LogP contribution in [0.4, 0.5) is 4.39 Å². The third-order valence-corrected chi connectivity index (χ3v) is 3.48. The van der Waals surface area contributed by atoms with Crippen LogP contribution < -0.4 is 5.32 Å². The zero-order chi connectivity index (χ0) is 14.7. The van der Waals surface area contributed by atoms with Gasteiger partial charge >= 0.3 is 0 Å². The van der Waals surface area contributed by atoms with Crippen molar-refractivity contribution in [2.24, 2.45) is 0 Å². The van der Waals surface area contributed by atoms with Crippen LogP contribution in [0.5, 0.6) is 0 Å². The molecule has 0 fully saturated rings. The van der Waals surface area contributed by atoms with Gasteiger partial charge in [-0.2, -0.15) is 5.26 Å². The largest absolute Gasteiger partial charge is 0.361 e. The normalized spacial score (nSPS) is 12.2. The molecule has 2 aromatic carbocycles. The van der Waals surface area contributed by atoms with Crippen molar-refractivity contribution in [1.29, 1.82) is 5.26 Å². The highest BCUT2D eigenvalue weighted by atomic mass is 19.1. The van der Waals surface area contributed by atoms with Gasteiger partial charge in [0.2, 0.25) is 0 Å². The molecular weight excluding hydrogens is 265 g/mol. The first-order valence-corrected chi connectivity index (χ1v) is 6.71. The molecule has 0 aliphatic heterocycles. The Hall–Kier alpha value is -2.64. The number of fused-ring (bicyclic) bond motifs is 1. The molecule has 3 aromatic rings. The molecule has 0 radical (unpaired) electrons. The maximum absolute atomic E-state index is 12.9. The van der Waals surface area contributed by atoms with Gasteiger partial charge in [0, 0.05) is 29.2 Å². The number of benzene rings is 2. The molecule has 3 rings (SSSR count). The summed E-state index contributed by atoms with van der Waals surface area (Å²) in [6.45, 7) is 0.512. The van der Waals surface area contributed by atoms with E-state index in [9.17, 15) is 9.65 Å². The molecule has 104 valence electrons. The molecule has 0 saturated carbocycles. The molecule has 2 N–H and O–H groups in total. The van der Waals surface area contributed by atoms with E-state index < -0.39 is 6.04 Å². The minimum atomic E-state index is -0.411. The smallest absolute Gasteiger partial charge is 0.123 e. The Labute approximate surface area is 122 Å². The van der Waals surface area contributed by atoms with Crippen LogP contribution in [0, 0.1) is 17.1 Å². The summed E-state index contributed by atoms with van der Waals surface area (Å²) in [5, 5.41) is 13.6. The molecule has 1 aromatic heterocycles. The Morgan fingerprint density at radius 1 is 1.14 bits per heavy atom. The topological polar surface area (TPSA) is 51.6 Å². The summed E-state index contributed by atoms with van der Waals surface area (Å²) in [5.41, 5.74) is 2.88. The highest BCUT2D eigenvalue weighted by molar-refractivity contribution is 5.83. The molecule has 0 aliphatic carbocycles. The number of hydrogen-bond donors (Lipinski definition) is 2. The molecule has 0 amide bonds. The number of aromatic nitrogens is 1. The van der Waals surface area contributed by atoms with Gasteiger partial charge in [0.15, 0.2) is 0 Å². The molecular formula is C17H14FN3. The van der Waals surface area contributed by atoms with Crippen molar-refractivity contribution < 1.29 is 4.39 Å². The molecule has 0 bridgehead atoms. The van der Waals surface area contributed by atoms with Gasteiger partial charge in [0.1, 0.15) is 11.9 Å². The third-order valence-electron chi connectivity index (χ3n) is 3.48. The number of nitrogens with zero attached hydrogens (tertiary/aromatic N) is 1. The van der Waals surface area contributed by atoms with Gasteiger partial charge < -0.3 is 4.98 Å². The van der Waals surface area contributed by atoms with Gasteiger partial charge in [-0.1, -0.05) is 30.3 Å². The fourth-order valence-electron chi connectivity index (χ4n) is 2.38. The molecule has 1 atom stereocenters. The molecule has 0 saturated heterocycles. The first-order chi connectivity index (χ1) is 10.3. The van der Waals surface area contributed by atoms with Crippen molar-refractivity contribution in [2.75, 3.05) is 0 Å². The Bertz CT molecular complexity index is 784. The monoisotopic (exact) mass is 279 g/mol. The van der Waals surface area contributed by atoms with E-state index in [0.29, 0.717) is 6.54 Å². The average Bonchev–Trinajstić information content (AvgIpc) is 2.94. The van der Waals surface area contributed by atoms with Crippen LogP contribution in [0.3, 0.4) is 0 Å². The molecule has 0 aliphatic rings. The molecule has 1 unspecified atom stereocenters. The van der Waals surface area contributed by atoms with Crippen molar-refractivity contribution in [2.45, 2.75) is 12.6 Å². The number of para-hydroxylation sites is 1. The molecule has 3 nitrogen and oxygen atoms in total. The highest BCUT2D eigenvalue weighted by Crippen LogP contribution is 2.23. The van der Waals surface area contributed by atoms with Crippen LogP contribution in [0.1, 0.15) is 17.2 Å². The summed E-state index contributed by atoms with van der Waals surface area (Å²) in [6, 6.07) is 16.0. The summed E-state index contributed by atoms with van der Waals surface area (Å²) in [6.07, 6.45) is 1.86. The first kappa shape index (κ1) is 13.3. The highest BCUT2D eigenvalue weighted by Gasteiger charge is 2.14. The van der Waals surface area contributed by atoms with E-state index in [1.165, 1.54) is 12.1 Å². The van der Waals surface area contributed by atoms with Gasteiger partial charge in [0.05, 0.1) is 6.07 Å². The van der Waals surface area contributed by atoms with E-state index >= 15 is 0 Å². The zero-order valence-electron chi connectivity index (χ0n) is 11.3. The lowest BCUT2D eigenvalue weighted by Gasteiger charge is -2.11. The second-order valence-electron chi connectivity index (χ2n) is 4.86. The van der Waals surface area contributed by atoms with Crippen molar-refractivity contribution >= 4 is 10.9 Å². The van der Waals surface area contributed by atoms with E-state index in [1.54, 1.807) is 12.1 Å². The number of rotatable bonds is 4. The van der Waals surface area contributed by atoms with Crippen molar-refractivity contribution in [3.05, 3.63) is 71.7 Å². The molecule has 21 heavy (non-hydrogen) atoms. The molecule has 1 heterocycles. The number of hydrogen-bond acceptors (Lipinski definition) is 2. The van der Waals surface area contributed by atoms with Crippen molar-refractivity contribution in [1.82, 2.24) is 10.3 Å². The lowest BCUT2D eigenvalue weighted by atomic mass is 10.1. The Kier molecular flexibility index (Phi) is 3.67. The predicted molar refractivity (Wildman–Crippen MR) is 79.9 cm³/mol. The van der Waals surface area contributed by atoms with Gasteiger partial charge in [-0.15, -0.1) is 0 Å². The van der Waals surface area contributed by atoms with E-state index in [1.807, 2.05) is 30.5 Å².